The first kappa shape index (κ1) is 17.3. The van der Waals surface area contributed by atoms with Crippen molar-refractivity contribution in [1.82, 2.24) is 10.2 Å². The number of carbonyl (C=O) groups is 1. The quantitative estimate of drug-likeness (QED) is 0.902. The van der Waals surface area contributed by atoms with Gasteiger partial charge in [0, 0.05) is 32.3 Å². The molecule has 0 aromatic heterocycles. The molecule has 2 fully saturated rings. The fraction of sp³-hybridized carbons (Fsp3) is 0.588. The maximum absolute atomic E-state index is 13.1. The Bertz CT molecular complexity index is 565. The van der Waals surface area contributed by atoms with Gasteiger partial charge < -0.3 is 14.8 Å². The molecule has 2 aliphatic rings. The Balaban J connectivity index is 1.49. The van der Waals surface area contributed by atoms with E-state index in [1.807, 2.05) is 4.90 Å². The highest BCUT2D eigenvalue weighted by atomic mass is 19.1. The predicted octanol–water partition coefficient (Wildman–Crippen LogP) is 1.46. The lowest BCUT2D eigenvalue weighted by Crippen LogP contribution is -2.57. The number of ether oxygens (including phenoxy) is 2. The third kappa shape index (κ3) is 4.49. The average Bonchev–Trinajstić information content (AvgIpc) is 2.53. The molecule has 1 atom stereocenters. The van der Waals surface area contributed by atoms with Crippen molar-refractivity contribution in [2.45, 2.75) is 25.0 Å². The molecule has 0 saturated carbocycles. The Morgan fingerprint density at radius 3 is 2.75 bits per heavy atom. The van der Waals surface area contributed by atoms with Crippen molar-refractivity contribution in [2.75, 3.05) is 39.5 Å². The highest BCUT2D eigenvalue weighted by Gasteiger charge is 2.38. The van der Waals surface area contributed by atoms with E-state index in [0.717, 1.165) is 25.5 Å². The zero-order chi connectivity index (χ0) is 17.0. The lowest BCUT2D eigenvalue weighted by Gasteiger charge is -2.44. The molecule has 7 heteroatoms. The standard InChI is InChI=1S/C17H22F2N2O3/c18-14-6-13(7-15(19)8-14)9-20-16(22)10-21-3-5-24-17(11-21)2-1-4-23-12-17/h6-8H,1-5,9-12H2,(H,20,22). The number of halogens is 2. The first-order valence-electron chi connectivity index (χ1n) is 8.20. The number of hydrogen-bond donors (Lipinski definition) is 1. The van der Waals surface area contributed by atoms with Gasteiger partial charge >= 0.3 is 0 Å². The van der Waals surface area contributed by atoms with Gasteiger partial charge in [-0.15, -0.1) is 0 Å². The summed E-state index contributed by atoms with van der Waals surface area (Å²) in [6.45, 7) is 3.59. The fourth-order valence-electron chi connectivity index (χ4n) is 3.30. The van der Waals surface area contributed by atoms with Crippen LogP contribution in [0.4, 0.5) is 8.78 Å². The van der Waals surface area contributed by atoms with Crippen LogP contribution >= 0.6 is 0 Å². The fourth-order valence-corrected chi connectivity index (χ4v) is 3.30. The van der Waals surface area contributed by atoms with Crippen molar-refractivity contribution in [1.29, 1.82) is 0 Å². The second-order valence-corrected chi connectivity index (χ2v) is 6.45. The number of amides is 1. The highest BCUT2D eigenvalue weighted by Crippen LogP contribution is 2.27. The van der Waals surface area contributed by atoms with Gasteiger partial charge in [-0.25, -0.2) is 8.78 Å². The van der Waals surface area contributed by atoms with Gasteiger partial charge in [-0.3, -0.25) is 9.69 Å². The Morgan fingerprint density at radius 1 is 1.25 bits per heavy atom. The monoisotopic (exact) mass is 340 g/mol. The summed E-state index contributed by atoms with van der Waals surface area (Å²) in [5, 5.41) is 2.71. The van der Waals surface area contributed by atoms with Crippen LogP contribution in [0.5, 0.6) is 0 Å². The van der Waals surface area contributed by atoms with E-state index in [0.29, 0.717) is 31.9 Å². The molecule has 5 nitrogen and oxygen atoms in total. The Kier molecular flexibility index (Phi) is 5.43. The van der Waals surface area contributed by atoms with Crippen LogP contribution in [0.25, 0.3) is 0 Å². The third-order valence-corrected chi connectivity index (χ3v) is 4.39. The van der Waals surface area contributed by atoms with E-state index in [2.05, 4.69) is 5.32 Å². The molecule has 1 spiro atoms. The molecule has 1 unspecified atom stereocenters. The number of carbonyl (C=O) groups excluding carboxylic acids is 1. The van der Waals surface area contributed by atoms with Gasteiger partial charge in [-0.1, -0.05) is 0 Å². The van der Waals surface area contributed by atoms with Crippen LogP contribution in [0, 0.1) is 11.6 Å². The van der Waals surface area contributed by atoms with Crippen LogP contribution in [0.3, 0.4) is 0 Å². The number of rotatable bonds is 4. The summed E-state index contributed by atoms with van der Waals surface area (Å²) in [6.07, 6.45) is 1.90. The Hall–Kier alpha value is -1.57. The molecule has 2 saturated heterocycles. The summed E-state index contributed by atoms with van der Waals surface area (Å²) in [6, 6.07) is 3.24. The smallest absolute Gasteiger partial charge is 0.234 e. The molecular weight excluding hydrogens is 318 g/mol. The minimum atomic E-state index is -0.647. The van der Waals surface area contributed by atoms with Gasteiger partial charge in [0.1, 0.15) is 17.2 Å². The summed E-state index contributed by atoms with van der Waals surface area (Å²) in [7, 11) is 0. The SMILES string of the molecule is O=C(CN1CCOC2(CCCOC2)C1)NCc1cc(F)cc(F)c1. The van der Waals surface area contributed by atoms with Gasteiger partial charge in [-0.2, -0.15) is 0 Å². The number of benzene rings is 1. The molecule has 1 amide bonds. The molecule has 24 heavy (non-hydrogen) atoms. The van der Waals surface area contributed by atoms with Crippen LogP contribution in [0.1, 0.15) is 18.4 Å². The number of morpholine rings is 1. The van der Waals surface area contributed by atoms with Gasteiger partial charge in [0.25, 0.3) is 0 Å². The zero-order valence-electron chi connectivity index (χ0n) is 13.5. The summed E-state index contributed by atoms with van der Waals surface area (Å²) < 4.78 is 37.7. The second-order valence-electron chi connectivity index (χ2n) is 6.45. The maximum atomic E-state index is 13.1. The van der Waals surface area contributed by atoms with Crippen LogP contribution in [-0.2, 0) is 20.8 Å². The summed E-state index contributed by atoms with van der Waals surface area (Å²) in [4.78, 5) is 14.2. The summed E-state index contributed by atoms with van der Waals surface area (Å²) in [5.74, 6) is -1.47. The Labute approximate surface area is 139 Å². The highest BCUT2D eigenvalue weighted by molar-refractivity contribution is 5.78. The normalized spacial score (nSPS) is 24.9. The van der Waals surface area contributed by atoms with Crippen LogP contribution in [-0.4, -0.2) is 55.9 Å². The molecule has 0 bridgehead atoms. The van der Waals surface area contributed by atoms with Crippen molar-refractivity contribution < 1.29 is 23.0 Å². The van der Waals surface area contributed by atoms with Gasteiger partial charge in [0.15, 0.2) is 0 Å². The number of nitrogens with zero attached hydrogens (tertiary/aromatic N) is 1. The first-order chi connectivity index (χ1) is 11.5. The van der Waals surface area contributed by atoms with E-state index < -0.39 is 11.6 Å². The van der Waals surface area contributed by atoms with Crippen molar-refractivity contribution in [3.8, 4) is 0 Å². The van der Waals surface area contributed by atoms with Gasteiger partial charge in [0.05, 0.1) is 19.8 Å². The molecule has 2 heterocycles. The van der Waals surface area contributed by atoms with E-state index in [1.54, 1.807) is 0 Å². The van der Waals surface area contributed by atoms with Crippen molar-refractivity contribution in [3.63, 3.8) is 0 Å². The summed E-state index contributed by atoms with van der Waals surface area (Å²) in [5.41, 5.74) is 0.0996. The molecule has 0 radical (unpaired) electrons. The largest absolute Gasteiger partial charge is 0.378 e. The van der Waals surface area contributed by atoms with Crippen LogP contribution in [0.15, 0.2) is 18.2 Å². The molecule has 2 aliphatic heterocycles. The molecule has 1 aromatic rings. The minimum absolute atomic E-state index is 0.103. The van der Waals surface area contributed by atoms with Crippen LogP contribution < -0.4 is 5.32 Å². The molecular formula is C17H22F2N2O3. The molecule has 0 aliphatic carbocycles. The minimum Gasteiger partial charge on any atom is -0.378 e. The third-order valence-electron chi connectivity index (χ3n) is 4.39. The van der Waals surface area contributed by atoms with Gasteiger partial charge in [-0.05, 0) is 30.5 Å². The summed E-state index contributed by atoms with van der Waals surface area (Å²) >= 11 is 0. The van der Waals surface area contributed by atoms with Crippen LogP contribution in [0.2, 0.25) is 0 Å². The molecule has 3 rings (SSSR count). The van der Waals surface area contributed by atoms with Crippen molar-refractivity contribution >= 4 is 5.91 Å². The molecule has 132 valence electrons. The van der Waals surface area contributed by atoms with E-state index in [9.17, 15) is 13.6 Å². The topological polar surface area (TPSA) is 50.8 Å². The lowest BCUT2D eigenvalue weighted by atomic mass is 9.94. The van der Waals surface area contributed by atoms with E-state index in [-0.39, 0.29) is 24.6 Å². The van der Waals surface area contributed by atoms with Crippen molar-refractivity contribution in [2.24, 2.45) is 0 Å². The average molecular weight is 340 g/mol. The number of hydrogen-bond acceptors (Lipinski definition) is 4. The van der Waals surface area contributed by atoms with E-state index >= 15 is 0 Å². The maximum Gasteiger partial charge on any atom is 0.234 e. The second kappa shape index (κ2) is 7.55. The molecule has 1 N–H and O–H groups in total. The lowest BCUT2D eigenvalue weighted by molar-refractivity contribution is -0.169. The zero-order valence-corrected chi connectivity index (χ0v) is 13.5. The van der Waals surface area contributed by atoms with E-state index in [4.69, 9.17) is 9.47 Å². The first-order valence-corrected chi connectivity index (χ1v) is 8.20. The van der Waals surface area contributed by atoms with Crippen molar-refractivity contribution in [3.05, 3.63) is 35.4 Å². The predicted molar refractivity (Wildman–Crippen MR) is 83.4 cm³/mol. The number of nitrogens with one attached hydrogen (secondary N) is 1. The Morgan fingerprint density at radius 2 is 2.04 bits per heavy atom. The van der Waals surface area contributed by atoms with Gasteiger partial charge in [0.2, 0.25) is 5.91 Å². The molecule has 1 aromatic carbocycles. The van der Waals surface area contributed by atoms with E-state index in [1.165, 1.54) is 12.1 Å².